The Morgan fingerprint density at radius 2 is 1.62 bits per heavy atom. The van der Waals surface area contributed by atoms with Gasteiger partial charge in [-0.15, -0.1) is 0 Å². The topological polar surface area (TPSA) is 112 Å². The number of halogens is 3. The van der Waals surface area contributed by atoms with Crippen LogP contribution in [0.25, 0.3) is 5.69 Å². The molecule has 7 nitrogen and oxygen atoms in total. The lowest BCUT2D eigenvalue weighted by Crippen LogP contribution is -2.25. The number of pyridine rings is 1. The van der Waals surface area contributed by atoms with Crippen molar-refractivity contribution in [3.63, 3.8) is 0 Å². The van der Waals surface area contributed by atoms with Crippen molar-refractivity contribution >= 4 is 17.6 Å². The first kappa shape index (κ1) is 22.6. The van der Waals surface area contributed by atoms with Gasteiger partial charge in [0.15, 0.2) is 17.4 Å². The molecule has 0 amide bonds. The van der Waals surface area contributed by atoms with E-state index in [1.165, 1.54) is 12.1 Å². The predicted octanol–water partition coefficient (Wildman–Crippen LogP) is 3.31. The van der Waals surface area contributed by atoms with Crippen LogP contribution in [0.4, 0.5) is 19.0 Å². The van der Waals surface area contributed by atoms with E-state index < -0.39 is 46.3 Å². The van der Waals surface area contributed by atoms with Crippen LogP contribution in [0.3, 0.4) is 0 Å². The van der Waals surface area contributed by atoms with E-state index in [0.29, 0.717) is 4.57 Å². The number of benzene rings is 2. The summed E-state index contributed by atoms with van der Waals surface area (Å²) in [5.41, 5.74) is 4.10. The third-order valence-electron chi connectivity index (χ3n) is 4.50. The van der Waals surface area contributed by atoms with E-state index >= 15 is 0 Å². The summed E-state index contributed by atoms with van der Waals surface area (Å²) in [5.74, 6) is -5.34. The van der Waals surface area contributed by atoms with E-state index in [4.69, 9.17) is 15.6 Å². The number of carbonyl (C=O) groups excluding carboxylic acids is 1. The number of ketones is 1. The van der Waals surface area contributed by atoms with Crippen molar-refractivity contribution in [2.75, 3.05) is 12.3 Å². The van der Waals surface area contributed by atoms with Crippen molar-refractivity contribution in [1.29, 1.82) is 0 Å². The Labute approximate surface area is 179 Å². The van der Waals surface area contributed by atoms with Crippen molar-refractivity contribution in [3.8, 4) is 11.4 Å². The van der Waals surface area contributed by atoms with Gasteiger partial charge in [-0.3, -0.25) is 19.0 Å². The third-order valence-corrected chi connectivity index (χ3v) is 4.50. The number of ether oxygens (including phenoxy) is 1. The van der Waals surface area contributed by atoms with Gasteiger partial charge in [0.1, 0.15) is 23.1 Å². The molecular weight excluding hydrogens is 429 g/mol. The fourth-order valence-corrected chi connectivity index (χ4v) is 2.99. The van der Waals surface area contributed by atoms with Crippen LogP contribution in [0.2, 0.25) is 0 Å². The normalized spacial score (nSPS) is 10.7. The van der Waals surface area contributed by atoms with Crippen LogP contribution < -0.4 is 16.0 Å². The summed E-state index contributed by atoms with van der Waals surface area (Å²) in [5, 5.41) is 8.60. The molecule has 3 aromatic rings. The van der Waals surface area contributed by atoms with Crippen LogP contribution >= 0.6 is 0 Å². The molecule has 0 spiro atoms. The first-order valence-corrected chi connectivity index (χ1v) is 9.35. The van der Waals surface area contributed by atoms with E-state index in [2.05, 4.69) is 0 Å². The molecule has 3 N–H and O–H groups in total. The molecule has 1 heterocycles. The van der Waals surface area contributed by atoms with Crippen molar-refractivity contribution in [2.45, 2.75) is 12.8 Å². The Balaban J connectivity index is 1.98. The molecule has 0 unspecified atom stereocenters. The summed E-state index contributed by atoms with van der Waals surface area (Å²) in [6, 6.07) is 8.24. The van der Waals surface area contributed by atoms with Crippen LogP contribution in [0, 0.1) is 17.5 Å². The van der Waals surface area contributed by atoms with Crippen LogP contribution in [0.15, 0.2) is 53.3 Å². The maximum Gasteiger partial charge on any atom is 0.303 e. The Hall–Kier alpha value is -4.08. The first-order valence-electron chi connectivity index (χ1n) is 9.35. The highest BCUT2D eigenvalue weighted by Crippen LogP contribution is 2.26. The van der Waals surface area contributed by atoms with Crippen molar-refractivity contribution in [2.24, 2.45) is 0 Å². The molecule has 0 atom stereocenters. The fraction of sp³-hybridized carbons (Fsp3) is 0.136. The number of rotatable bonds is 8. The fourth-order valence-electron chi connectivity index (χ4n) is 2.99. The molecule has 0 aliphatic heterocycles. The summed E-state index contributed by atoms with van der Waals surface area (Å²) in [6.07, 6.45) is -0.0515. The quantitative estimate of drug-likeness (QED) is 0.406. The largest absolute Gasteiger partial charge is 0.493 e. The highest BCUT2D eigenvalue weighted by atomic mass is 19.1. The van der Waals surface area contributed by atoms with Gasteiger partial charge in [0.25, 0.3) is 5.56 Å². The minimum atomic E-state index is -1.18. The van der Waals surface area contributed by atoms with E-state index in [1.807, 2.05) is 0 Å². The average Bonchev–Trinajstić information content (AvgIpc) is 2.73. The number of carboxylic acid groups (broad SMARTS) is 1. The van der Waals surface area contributed by atoms with Crippen LogP contribution in [0.1, 0.15) is 28.8 Å². The van der Waals surface area contributed by atoms with Gasteiger partial charge in [0.2, 0.25) is 0 Å². The van der Waals surface area contributed by atoms with Crippen molar-refractivity contribution in [3.05, 3.63) is 87.5 Å². The minimum Gasteiger partial charge on any atom is -0.493 e. The number of hydrogen-bond donors (Lipinski definition) is 2. The van der Waals surface area contributed by atoms with Gasteiger partial charge < -0.3 is 15.6 Å². The number of aliphatic carboxylic acids is 1. The van der Waals surface area contributed by atoms with Crippen LogP contribution in [-0.2, 0) is 4.79 Å². The zero-order valence-electron chi connectivity index (χ0n) is 16.5. The number of anilines is 1. The molecule has 0 fully saturated rings. The SMILES string of the molecule is Nc1c(C(=O)c2ccc(F)cc2)ccc(=O)n1-c1c(F)cc(OCCCC(=O)O)cc1F. The van der Waals surface area contributed by atoms with Gasteiger partial charge in [-0.2, -0.15) is 0 Å². The molecular formula is C22H17F3N2O5. The summed E-state index contributed by atoms with van der Waals surface area (Å²) in [4.78, 5) is 35.6. The van der Waals surface area contributed by atoms with Crippen LogP contribution in [0.5, 0.6) is 5.75 Å². The maximum atomic E-state index is 14.7. The van der Waals surface area contributed by atoms with Gasteiger partial charge in [-0.05, 0) is 36.8 Å². The molecule has 0 aliphatic rings. The lowest BCUT2D eigenvalue weighted by molar-refractivity contribution is -0.137. The second-order valence-corrected chi connectivity index (χ2v) is 6.72. The second-order valence-electron chi connectivity index (χ2n) is 6.72. The van der Waals surface area contributed by atoms with Gasteiger partial charge >= 0.3 is 5.97 Å². The Morgan fingerprint density at radius 1 is 1.00 bits per heavy atom. The van der Waals surface area contributed by atoms with Gasteiger partial charge in [0.05, 0.1) is 12.2 Å². The molecule has 0 bridgehead atoms. The Morgan fingerprint density at radius 3 is 2.22 bits per heavy atom. The van der Waals surface area contributed by atoms with E-state index in [9.17, 15) is 27.6 Å². The molecule has 0 radical (unpaired) electrons. The number of nitrogens with zero attached hydrogens (tertiary/aromatic N) is 1. The monoisotopic (exact) mass is 446 g/mol. The minimum absolute atomic E-state index is 0.0642. The predicted molar refractivity (Wildman–Crippen MR) is 109 cm³/mol. The third kappa shape index (κ3) is 4.80. The molecule has 10 heteroatoms. The summed E-state index contributed by atoms with van der Waals surface area (Å²) >= 11 is 0. The molecule has 0 aliphatic carbocycles. The zero-order chi connectivity index (χ0) is 23.4. The molecule has 0 saturated heterocycles. The van der Waals surface area contributed by atoms with E-state index in [0.717, 1.165) is 36.4 Å². The van der Waals surface area contributed by atoms with Gasteiger partial charge in [-0.25, -0.2) is 13.2 Å². The number of hydrogen-bond acceptors (Lipinski definition) is 5. The number of nitrogen functional groups attached to an aromatic ring is 1. The smallest absolute Gasteiger partial charge is 0.303 e. The van der Waals surface area contributed by atoms with Gasteiger partial charge in [0, 0.05) is 30.2 Å². The zero-order valence-corrected chi connectivity index (χ0v) is 16.5. The summed E-state index contributed by atoms with van der Waals surface area (Å²) < 4.78 is 48.3. The molecule has 2 aromatic carbocycles. The van der Waals surface area contributed by atoms with Crippen molar-refractivity contribution < 1.29 is 32.6 Å². The molecule has 166 valence electrons. The molecule has 32 heavy (non-hydrogen) atoms. The standard InChI is InChI=1S/C22H17F3N2O5/c23-13-5-3-12(4-6-13)21(31)15-7-8-18(28)27(22(15)26)20-16(24)10-14(11-17(20)25)32-9-1-2-19(29)30/h3-8,10-11H,1-2,9,26H2,(H,29,30). The number of nitrogens with two attached hydrogens (primary N) is 1. The van der Waals surface area contributed by atoms with Gasteiger partial charge in [-0.1, -0.05) is 0 Å². The molecule has 3 rings (SSSR count). The second kappa shape index (κ2) is 9.38. The lowest BCUT2D eigenvalue weighted by Gasteiger charge is -2.15. The number of aromatic nitrogens is 1. The summed E-state index contributed by atoms with van der Waals surface area (Å²) in [7, 11) is 0. The first-order chi connectivity index (χ1) is 15.2. The maximum absolute atomic E-state index is 14.7. The Bertz CT molecular complexity index is 1220. The molecule has 1 aromatic heterocycles. The lowest BCUT2D eigenvalue weighted by atomic mass is 10.0. The Kier molecular flexibility index (Phi) is 6.62. The average molecular weight is 446 g/mol. The highest BCUT2D eigenvalue weighted by Gasteiger charge is 2.22. The number of carbonyl (C=O) groups is 2. The summed E-state index contributed by atoms with van der Waals surface area (Å²) in [6.45, 7) is -0.0890. The highest BCUT2D eigenvalue weighted by molar-refractivity contribution is 6.11. The molecule has 0 saturated carbocycles. The number of carboxylic acids is 1. The van der Waals surface area contributed by atoms with Crippen molar-refractivity contribution in [1.82, 2.24) is 4.57 Å². The van der Waals surface area contributed by atoms with E-state index in [1.54, 1.807) is 0 Å². The van der Waals surface area contributed by atoms with E-state index in [-0.39, 0.29) is 36.3 Å². The van der Waals surface area contributed by atoms with Crippen LogP contribution in [-0.4, -0.2) is 28.0 Å².